The summed E-state index contributed by atoms with van der Waals surface area (Å²) in [7, 11) is 1.92. The highest BCUT2D eigenvalue weighted by Gasteiger charge is 2.14. The van der Waals surface area contributed by atoms with Crippen LogP contribution in [0.5, 0.6) is 0 Å². The molecule has 4 nitrogen and oxygen atoms in total. The molecule has 0 bridgehead atoms. The first-order valence-electron chi connectivity index (χ1n) is 5.86. The lowest BCUT2D eigenvalue weighted by Crippen LogP contribution is -2.08. The van der Waals surface area contributed by atoms with Crippen LogP contribution in [0.25, 0.3) is 11.0 Å². The molecule has 98 valence electrons. The Morgan fingerprint density at radius 1 is 1.32 bits per heavy atom. The molecule has 0 saturated heterocycles. The first-order chi connectivity index (χ1) is 9.20. The number of nitrogens with zero attached hydrogens (tertiary/aromatic N) is 4. The van der Waals surface area contributed by atoms with E-state index >= 15 is 0 Å². The number of halogens is 2. The van der Waals surface area contributed by atoms with Gasteiger partial charge in [0.25, 0.3) is 0 Å². The number of rotatable bonds is 3. The van der Waals surface area contributed by atoms with Crippen LogP contribution in [0, 0.1) is 5.82 Å². The molecule has 0 aliphatic carbocycles. The van der Waals surface area contributed by atoms with Gasteiger partial charge in [-0.1, -0.05) is 6.07 Å². The first kappa shape index (κ1) is 12.2. The predicted molar refractivity (Wildman–Crippen MR) is 71.6 cm³/mol. The summed E-state index contributed by atoms with van der Waals surface area (Å²) in [5.74, 6) is 1.42. The summed E-state index contributed by atoms with van der Waals surface area (Å²) in [4.78, 5) is 8.53. The maximum absolute atomic E-state index is 13.7. The topological polar surface area (TPSA) is 35.6 Å². The summed E-state index contributed by atoms with van der Waals surface area (Å²) in [6.45, 7) is 0.519. The molecule has 0 fully saturated rings. The Balaban J connectivity index is 2.16. The van der Waals surface area contributed by atoms with Gasteiger partial charge in [-0.3, -0.25) is 0 Å². The van der Waals surface area contributed by atoms with Crippen molar-refractivity contribution in [2.24, 2.45) is 7.05 Å². The van der Waals surface area contributed by atoms with Gasteiger partial charge in [-0.25, -0.2) is 14.4 Å². The van der Waals surface area contributed by atoms with E-state index in [2.05, 4.69) is 9.97 Å². The third-order valence-corrected chi connectivity index (χ3v) is 3.39. The number of hydrogen-bond acceptors (Lipinski definition) is 2. The second kappa shape index (κ2) is 4.66. The summed E-state index contributed by atoms with van der Waals surface area (Å²) in [6, 6.07) is 4.91. The van der Waals surface area contributed by atoms with E-state index in [-0.39, 0.29) is 11.7 Å². The fourth-order valence-electron chi connectivity index (χ4n) is 2.13. The molecule has 0 saturated carbocycles. The summed E-state index contributed by atoms with van der Waals surface area (Å²) >= 11 is 5.90. The van der Waals surface area contributed by atoms with Crippen LogP contribution in [0.2, 0.25) is 0 Å². The number of imidazole rings is 2. The summed E-state index contributed by atoms with van der Waals surface area (Å²) in [6.07, 6.45) is 3.60. The quantitative estimate of drug-likeness (QED) is 0.691. The van der Waals surface area contributed by atoms with Gasteiger partial charge in [0, 0.05) is 19.4 Å². The molecule has 0 atom stereocenters. The van der Waals surface area contributed by atoms with Gasteiger partial charge in [0.05, 0.1) is 17.9 Å². The van der Waals surface area contributed by atoms with E-state index in [0.29, 0.717) is 17.9 Å². The van der Waals surface area contributed by atoms with Gasteiger partial charge in [-0.2, -0.15) is 0 Å². The Labute approximate surface area is 114 Å². The van der Waals surface area contributed by atoms with Crippen molar-refractivity contribution < 1.29 is 4.39 Å². The van der Waals surface area contributed by atoms with Crippen LogP contribution in [-0.4, -0.2) is 19.1 Å². The fourth-order valence-corrected chi connectivity index (χ4v) is 2.33. The average molecular weight is 279 g/mol. The van der Waals surface area contributed by atoms with E-state index in [1.165, 1.54) is 6.07 Å². The van der Waals surface area contributed by atoms with Crippen LogP contribution < -0.4 is 0 Å². The van der Waals surface area contributed by atoms with Crippen molar-refractivity contribution in [2.45, 2.75) is 12.4 Å². The van der Waals surface area contributed by atoms with Crippen molar-refractivity contribution in [1.29, 1.82) is 0 Å². The fraction of sp³-hybridized carbons (Fsp3) is 0.231. The molecule has 0 N–H and O–H groups in total. The number of fused-ring (bicyclic) bond motifs is 1. The Hall–Kier alpha value is -1.88. The zero-order valence-electron chi connectivity index (χ0n) is 10.3. The van der Waals surface area contributed by atoms with E-state index in [9.17, 15) is 4.39 Å². The van der Waals surface area contributed by atoms with Crippen molar-refractivity contribution in [1.82, 2.24) is 19.1 Å². The third-order valence-electron chi connectivity index (χ3n) is 3.15. The normalized spacial score (nSPS) is 11.3. The Morgan fingerprint density at radius 3 is 2.84 bits per heavy atom. The number of aryl methyl sites for hydroxylation is 1. The molecule has 1 aromatic carbocycles. The smallest absolute Gasteiger partial charge is 0.151 e. The molecule has 0 spiro atoms. The lowest BCUT2D eigenvalue weighted by molar-refractivity contribution is 0.637. The molecule has 19 heavy (non-hydrogen) atoms. The lowest BCUT2D eigenvalue weighted by atomic mass is 10.3. The molecule has 2 aromatic heterocycles. The minimum absolute atomic E-state index is 0.235. The number of benzene rings is 1. The van der Waals surface area contributed by atoms with Crippen molar-refractivity contribution >= 4 is 22.6 Å². The van der Waals surface area contributed by atoms with Crippen LogP contribution >= 0.6 is 11.6 Å². The van der Waals surface area contributed by atoms with E-state index in [1.807, 2.05) is 28.4 Å². The molecule has 0 aliphatic rings. The van der Waals surface area contributed by atoms with Crippen LogP contribution in [0.15, 0.2) is 30.6 Å². The van der Waals surface area contributed by atoms with Crippen molar-refractivity contribution in [2.75, 3.05) is 0 Å². The van der Waals surface area contributed by atoms with E-state index in [1.54, 1.807) is 12.3 Å². The zero-order chi connectivity index (χ0) is 13.4. The summed E-state index contributed by atoms with van der Waals surface area (Å²) < 4.78 is 17.6. The van der Waals surface area contributed by atoms with Crippen LogP contribution in [0.1, 0.15) is 11.6 Å². The Bertz CT molecular complexity index is 731. The molecule has 6 heteroatoms. The molecule has 2 heterocycles. The molecular weight excluding hydrogens is 267 g/mol. The standard InChI is InChI=1S/C13H12ClFN4/c1-18-6-5-16-12(18)8-19-10-4-2-3-9(15)13(10)17-11(19)7-14/h2-6H,7-8H2,1H3. The number of hydrogen-bond donors (Lipinski definition) is 0. The second-order valence-electron chi connectivity index (χ2n) is 4.31. The van der Waals surface area contributed by atoms with Crippen molar-refractivity contribution in [3.63, 3.8) is 0 Å². The van der Waals surface area contributed by atoms with E-state index < -0.39 is 0 Å². The summed E-state index contributed by atoms with van der Waals surface area (Å²) in [5.41, 5.74) is 1.09. The van der Waals surface area contributed by atoms with Crippen LogP contribution in [0.3, 0.4) is 0 Å². The third kappa shape index (κ3) is 2.00. The molecule has 3 aromatic rings. The predicted octanol–water partition coefficient (Wildman–Crippen LogP) is 2.70. The average Bonchev–Trinajstić information content (AvgIpc) is 2.96. The molecule has 0 radical (unpaired) electrons. The highest BCUT2D eigenvalue weighted by atomic mass is 35.5. The van der Waals surface area contributed by atoms with E-state index in [4.69, 9.17) is 11.6 Å². The van der Waals surface area contributed by atoms with Crippen LogP contribution in [-0.2, 0) is 19.5 Å². The molecule has 0 aliphatic heterocycles. The molecule has 0 amide bonds. The number of para-hydroxylation sites is 1. The van der Waals surface area contributed by atoms with Crippen molar-refractivity contribution in [3.05, 3.63) is 48.1 Å². The number of aromatic nitrogens is 4. The maximum atomic E-state index is 13.7. The number of alkyl halides is 1. The van der Waals surface area contributed by atoms with Crippen LogP contribution in [0.4, 0.5) is 4.39 Å². The first-order valence-corrected chi connectivity index (χ1v) is 6.40. The van der Waals surface area contributed by atoms with Crippen molar-refractivity contribution in [3.8, 4) is 0 Å². The molecule has 0 unspecified atom stereocenters. The molecular formula is C13H12ClFN4. The summed E-state index contributed by atoms with van der Waals surface area (Å²) in [5, 5.41) is 0. The van der Waals surface area contributed by atoms with Gasteiger partial charge in [0.15, 0.2) is 5.82 Å². The minimum atomic E-state index is -0.331. The van der Waals surface area contributed by atoms with Gasteiger partial charge in [0.2, 0.25) is 0 Å². The monoisotopic (exact) mass is 278 g/mol. The highest BCUT2D eigenvalue weighted by molar-refractivity contribution is 6.16. The zero-order valence-corrected chi connectivity index (χ0v) is 11.1. The highest BCUT2D eigenvalue weighted by Crippen LogP contribution is 2.21. The van der Waals surface area contributed by atoms with E-state index in [0.717, 1.165) is 11.3 Å². The van der Waals surface area contributed by atoms with Gasteiger partial charge in [-0.05, 0) is 12.1 Å². The maximum Gasteiger partial charge on any atom is 0.151 e. The SMILES string of the molecule is Cn1ccnc1Cn1c(CCl)nc2c(F)cccc21. The Kier molecular flexibility index (Phi) is 2.98. The second-order valence-corrected chi connectivity index (χ2v) is 4.58. The van der Waals surface area contributed by atoms with Gasteiger partial charge >= 0.3 is 0 Å². The molecule has 3 rings (SSSR count). The van der Waals surface area contributed by atoms with Gasteiger partial charge < -0.3 is 9.13 Å². The lowest BCUT2D eigenvalue weighted by Gasteiger charge is -2.07. The largest absolute Gasteiger partial charge is 0.337 e. The minimum Gasteiger partial charge on any atom is -0.337 e. The Morgan fingerprint density at radius 2 is 2.16 bits per heavy atom. The van der Waals surface area contributed by atoms with Gasteiger partial charge in [-0.15, -0.1) is 11.6 Å². The van der Waals surface area contributed by atoms with Gasteiger partial charge in [0.1, 0.15) is 17.2 Å².